The van der Waals surface area contributed by atoms with Crippen LogP contribution in [0.5, 0.6) is 17.4 Å². The number of ether oxygens (including phenoxy) is 2. The zero-order valence-corrected chi connectivity index (χ0v) is 22.2. The van der Waals surface area contributed by atoms with Crippen LogP contribution in [0.15, 0.2) is 63.3 Å². The number of hydrogen-bond acceptors (Lipinski definition) is 8. The summed E-state index contributed by atoms with van der Waals surface area (Å²) in [5, 5.41) is 3.40. The molecule has 9 nitrogen and oxygen atoms in total. The van der Waals surface area contributed by atoms with Gasteiger partial charge in [-0.2, -0.15) is 0 Å². The Morgan fingerprint density at radius 3 is 2.55 bits per heavy atom. The van der Waals surface area contributed by atoms with Crippen molar-refractivity contribution in [2.24, 2.45) is 0 Å². The lowest BCUT2D eigenvalue weighted by atomic mass is 10.0. The van der Waals surface area contributed by atoms with Crippen molar-refractivity contribution >= 4 is 22.6 Å². The molecule has 0 radical (unpaired) electrons. The van der Waals surface area contributed by atoms with E-state index in [9.17, 15) is 9.59 Å². The summed E-state index contributed by atoms with van der Waals surface area (Å²) in [4.78, 5) is 32.3. The van der Waals surface area contributed by atoms with Gasteiger partial charge in [-0.3, -0.25) is 9.59 Å². The molecular weight excluding hydrogens is 486 g/mol. The maximum atomic E-state index is 12.5. The number of benzene rings is 2. The van der Waals surface area contributed by atoms with E-state index in [1.54, 1.807) is 12.1 Å². The predicted octanol–water partition coefficient (Wildman–Crippen LogP) is 4.34. The van der Waals surface area contributed by atoms with Crippen molar-refractivity contribution in [1.29, 1.82) is 0 Å². The summed E-state index contributed by atoms with van der Waals surface area (Å²) in [7, 11) is 3.04. The number of carbonyl (C=O) groups excluding carboxylic acids is 1. The van der Waals surface area contributed by atoms with E-state index in [4.69, 9.17) is 18.7 Å². The minimum Gasteiger partial charge on any atom is -0.493 e. The molecule has 2 N–H and O–H groups in total. The first kappa shape index (κ1) is 27.1. The van der Waals surface area contributed by atoms with E-state index >= 15 is 0 Å². The molecule has 0 spiro atoms. The molecule has 2 aromatic carbocycles. The predicted molar refractivity (Wildman–Crippen MR) is 147 cm³/mol. The Labute approximate surface area is 222 Å². The normalized spacial score (nSPS) is 13.3. The van der Waals surface area contributed by atoms with Crippen LogP contribution in [-0.4, -0.2) is 39.8 Å². The van der Waals surface area contributed by atoms with Gasteiger partial charge >= 0.3 is 5.95 Å². The maximum Gasteiger partial charge on any atom is 0.308 e. The number of anilines is 1. The molecule has 1 saturated heterocycles. The number of nitrogens with zero attached hydrogens (tertiary/aromatic N) is 1. The Kier molecular flexibility index (Phi) is 9.26. The van der Waals surface area contributed by atoms with E-state index < -0.39 is 0 Å². The quantitative estimate of drug-likeness (QED) is 0.218. The number of fused-ring (bicyclic) bond motifs is 1. The van der Waals surface area contributed by atoms with Gasteiger partial charge in [0.25, 0.3) is 0 Å². The lowest BCUT2D eigenvalue weighted by molar-refractivity contribution is -0.121. The SMILES string of the molecule is CCCC(=O)NCc1ccccc1N1CCC(=CCNOc2cc(=O)c3cc(OC)c(OC)cc3o2)CC1. The number of rotatable bonds is 11. The molecule has 0 bridgehead atoms. The van der Waals surface area contributed by atoms with Gasteiger partial charge < -0.3 is 28.9 Å². The smallest absolute Gasteiger partial charge is 0.308 e. The second kappa shape index (κ2) is 13.0. The minimum atomic E-state index is -0.236. The van der Waals surface area contributed by atoms with Gasteiger partial charge in [-0.1, -0.05) is 36.8 Å². The number of carbonyl (C=O) groups is 1. The van der Waals surface area contributed by atoms with Crippen molar-refractivity contribution in [3.05, 3.63) is 69.9 Å². The van der Waals surface area contributed by atoms with E-state index in [1.807, 2.05) is 19.1 Å². The van der Waals surface area contributed by atoms with Crippen LogP contribution in [0.25, 0.3) is 11.0 Å². The van der Waals surface area contributed by atoms with Gasteiger partial charge in [-0.15, -0.1) is 5.48 Å². The third kappa shape index (κ3) is 6.66. The highest BCUT2D eigenvalue weighted by Crippen LogP contribution is 2.32. The van der Waals surface area contributed by atoms with E-state index in [1.165, 1.54) is 31.5 Å². The largest absolute Gasteiger partial charge is 0.493 e. The molecule has 1 amide bonds. The fraction of sp³-hybridized carbons (Fsp3) is 0.379. The Hall–Kier alpha value is -3.98. The van der Waals surface area contributed by atoms with Gasteiger partial charge in [0, 0.05) is 37.8 Å². The average Bonchev–Trinajstić information content (AvgIpc) is 2.94. The molecule has 9 heteroatoms. The molecule has 202 valence electrons. The summed E-state index contributed by atoms with van der Waals surface area (Å²) in [6.07, 6.45) is 5.38. The van der Waals surface area contributed by atoms with E-state index in [0.29, 0.717) is 42.0 Å². The number of hydrogen-bond donors (Lipinski definition) is 2. The first-order valence-corrected chi connectivity index (χ1v) is 12.9. The highest BCUT2D eigenvalue weighted by atomic mass is 16.7. The number of piperidine rings is 1. The maximum absolute atomic E-state index is 12.5. The number of hydroxylamine groups is 1. The van der Waals surface area contributed by atoms with Crippen LogP contribution >= 0.6 is 0 Å². The number of nitrogens with one attached hydrogen (secondary N) is 2. The van der Waals surface area contributed by atoms with Crippen LogP contribution in [0.1, 0.15) is 38.2 Å². The molecule has 4 rings (SSSR count). The average molecular weight is 522 g/mol. The lowest BCUT2D eigenvalue weighted by Crippen LogP contribution is -2.32. The third-order valence-corrected chi connectivity index (χ3v) is 6.55. The standard InChI is InChI=1S/C29H35N3O6/c1-4-7-28(34)30-19-21-8-5-6-9-23(21)32-14-11-20(12-15-32)10-13-31-38-29-17-24(33)22-16-26(35-2)27(36-3)18-25(22)37-29/h5-6,8-10,16-18,31H,4,7,11-15,19H2,1-3H3,(H,30,34). The highest BCUT2D eigenvalue weighted by molar-refractivity contribution is 5.81. The van der Waals surface area contributed by atoms with Crippen molar-refractivity contribution in [3.8, 4) is 17.4 Å². The molecule has 3 aromatic rings. The summed E-state index contributed by atoms with van der Waals surface area (Å²) in [6, 6.07) is 12.7. The molecule has 1 fully saturated rings. The van der Waals surface area contributed by atoms with Gasteiger partial charge in [-0.05, 0) is 37.0 Å². The summed E-state index contributed by atoms with van der Waals surface area (Å²) < 4.78 is 16.3. The van der Waals surface area contributed by atoms with Crippen LogP contribution in [0.3, 0.4) is 0 Å². The zero-order valence-electron chi connectivity index (χ0n) is 22.2. The Morgan fingerprint density at radius 1 is 1.08 bits per heavy atom. The molecule has 0 unspecified atom stereocenters. The van der Waals surface area contributed by atoms with E-state index in [2.05, 4.69) is 33.9 Å². The van der Waals surface area contributed by atoms with Crippen LogP contribution < -0.4 is 35.4 Å². The summed E-state index contributed by atoms with van der Waals surface area (Å²) in [5.41, 5.74) is 6.62. The van der Waals surface area contributed by atoms with Crippen molar-refractivity contribution in [3.63, 3.8) is 0 Å². The molecule has 2 heterocycles. The summed E-state index contributed by atoms with van der Waals surface area (Å²) in [6.45, 7) is 4.82. The van der Waals surface area contributed by atoms with Gasteiger partial charge in [0.05, 0.1) is 32.2 Å². The molecule has 38 heavy (non-hydrogen) atoms. The van der Waals surface area contributed by atoms with Gasteiger partial charge in [0.1, 0.15) is 5.58 Å². The molecular formula is C29H35N3O6. The molecule has 0 atom stereocenters. The van der Waals surface area contributed by atoms with Gasteiger partial charge in [0.2, 0.25) is 5.91 Å². The second-order valence-corrected chi connectivity index (χ2v) is 9.09. The number of para-hydroxylation sites is 1. The highest BCUT2D eigenvalue weighted by Gasteiger charge is 2.17. The summed E-state index contributed by atoms with van der Waals surface area (Å²) >= 11 is 0. The van der Waals surface area contributed by atoms with Crippen LogP contribution in [-0.2, 0) is 11.3 Å². The van der Waals surface area contributed by atoms with Crippen LogP contribution in [0, 0.1) is 0 Å². The lowest BCUT2D eigenvalue weighted by Gasteiger charge is -2.32. The van der Waals surface area contributed by atoms with Crippen molar-refractivity contribution in [2.45, 2.75) is 39.2 Å². The fourth-order valence-corrected chi connectivity index (χ4v) is 4.53. The van der Waals surface area contributed by atoms with Gasteiger partial charge in [-0.25, -0.2) is 0 Å². The third-order valence-electron chi connectivity index (χ3n) is 6.55. The molecule has 1 aliphatic heterocycles. The fourth-order valence-electron chi connectivity index (χ4n) is 4.53. The molecule has 1 aromatic heterocycles. The van der Waals surface area contributed by atoms with Crippen molar-refractivity contribution < 1.29 is 23.5 Å². The van der Waals surface area contributed by atoms with Crippen LogP contribution in [0.4, 0.5) is 5.69 Å². The molecule has 1 aliphatic rings. The zero-order chi connectivity index (χ0) is 26.9. The number of amides is 1. The minimum absolute atomic E-state index is 0.0746. The topological polar surface area (TPSA) is 102 Å². The Morgan fingerprint density at radius 2 is 1.82 bits per heavy atom. The Bertz CT molecular complexity index is 1340. The summed E-state index contributed by atoms with van der Waals surface area (Å²) in [5.74, 6) is 1.08. The van der Waals surface area contributed by atoms with Gasteiger partial charge in [0.15, 0.2) is 16.9 Å². The molecule has 0 saturated carbocycles. The monoisotopic (exact) mass is 521 g/mol. The van der Waals surface area contributed by atoms with E-state index in [-0.39, 0.29) is 17.3 Å². The van der Waals surface area contributed by atoms with Crippen molar-refractivity contribution in [2.75, 3.05) is 38.8 Å². The van der Waals surface area contributed by atoms with Crippen molar-refractivity contribution in [1.82, 2.24) is 10.8 Å². The van der Waals surface area contributed by atoms with E-state index in [0.717, 1.165) is 37.9 Å². The Balaban J connectivity index is 1.30. The first-order chi connectivity index (χ1) is 18.5. The second-order valence-electron chi connectivity index (χ2n) is 9.09. The first-order valence-electron chi connectivity index (χ1n) is 12.9. The molecule has 0 aliphatic carbocycles. The van der Waals surface area contributed by atoms with Crippen LogP contribution in [0.2, 0.25) is 0 Å². The number of methoxy groups -OCH3 is 2.